The van der Waals surface area contributed by atoms with Crippen molar-refractivity contribution in [2.45, 2.75) is 45.6 Å². The van der Waals surface area contributed by atoms with Gasteiger partial charge in [0.1, 0.15) is 5.75 Å². The van der Waals surface area contributed by atoms with E-state index in [2.05, 4.69) is 30.1 Å². The van der Waals surface area contributed by atoms with E-state index >= 15 is 0 Å². The molecule has 4 rings (SSSR count). The summed E-state index contributed by atoms with van der Waals surface area (Å²) in [6.45, 7) is 7.60. The number of likely N-dealkylation sites (tertiary alicyclic amines) is 2. The highest BCUT2D eigenvalue weighted by Crippen LogP contribution is 2.26. The number of anilines is 1. The fraction of sp³-hybridized carbons (Fsp3) is 0.481. The number of aryl methyl sites for hydroxylation is 2. The van der Waals surface area contributed by atoms with E-state index in [4.69, 9.17) is 4.74 Å². The number of methoxy groups -OCH3 is 1. The summed E-state index contributed by atoms with van der Waals surface area (Å²) in [5.41, 5.74) is 4.03. The Morgan fingerprint density at radius 3 is 2.15 bits per heavy atom. The van der Waals surface area contributed by atoms with Crippen molar-refractivity contribution >= 4 is 17.5 Å². The zero-order valence-corrected chi connectivity index (χ0v) is 20.0. The summed E-state index contributed by atoms with van der Waals surface area (Å²) in [7, 11) is 1.63. The molecule has 2 aliphatic rings. The minimum Gasteiger partial charge on any atom is -0.497 e. The number of hydrogen-bond acceptors (Lipinski definition) is 4. The SMILES string of the molecule is COc1ccc(C(=O)N2CCC(N3CCC(C(=O)Nc4ccc(C)c(C)c4)CC3)CC2)cc1. The van der Waals surface area contributed by atoms with E-state index in [0.29, 0.717) is 11.6 Å². The first kappa shape index (κ1) is 23.3. The van der Waals surface area contributed by atoms with Gasteiger partial charge in [-0.05, 0) is 100 Å². The lowest BCUT2D eigenvalue weighted by molar-refractivity contribution is -0.121. The van der Waals surface area contributed by atoms with Crippen LogP contribution in [0, 0.1) is 19.8 Å². The fourth-order valence-electron chi connectivity index (χ4n) is 4.94. The van der Waals surface area contributed by atoms with E-state index < -0.39 is 0 Å². The van der Waals surface area contributed by atoms with Gasteiger partial charge in [-0.2, -0.15) is 0 Å². The normalized spacial score (nSPS) is 18.2. The van der Waals surface area contributed by atoms with Crippen molar-refractivity contribution < 1.29 is 14.3 Å². The Hall–Kier alpha value is -2.86. The first-order valence-corrected chi connectivity index (χ1v) is 12.0. The molecule has 0 atom stereocenters. The van der Waals surface area contributed by atoms with E-state index in [1.165, 1.54) is 11.1 Å². The molecule has 2 heterocycles. The van der Waals surface area contributed by atoms with E-state index in [-0.39, 0.29) is 17.7 Å². The van der Waals surface area contributed by atoms with Gasteiger partial charge in [-0.25, -0.2) is 0 Å². The smallest absolute Gasteiger partial charge is 0.253 e. The molecule has 2 fully saturated rings. The van der Waals surface area contributed by atoms with Crippen molar-refractivity contribution in [2.75, 3.05) is 38.6 Å². The number of nitrogens with one attached hydrogen (secondary N) is 1. The standard InChI is InChI=1S/C27H35N3O3/c1-19-4-7-23(18-20(19)2)28-26(31)21-10-14-29(15-11-21)24-12-16-30(17-13-24)27(32)22-5-8-25(33-3)9-6-22/h4-9,18,21,24H,10-17H2,1-3H3,(H,28,31). The Balaban J connectivity index is 1.23. The van der Waals surface area contributed by atoms with Gasteiger partial charge in [0.05, 0.1) is 7.11 Å². The molecule has 2 aromatic rings. The molecule has 0 spiro atoms. The van der Waals surface area contributed by atoms with E-state index in [1.54, 1.807) is 7.11 Å². The summed E-state index contributed by atoms with van der Waals surface area (Å²) < 4.78 is 5.18. The quantitative estimate of drug-likeness (QED) is 0.741. The molecule has 6 nitrogen and oxygen atoms in total. The lowest BCUT2D eigenvalue weighted by Gasteiger charge is -2.41. The molecule has 2 aromatic carbocycles. The van der Waals surface area contributed by atoms with Crippen molar-refractivity contribution in [3.05, 3.63) is 59.2 Å². The molecule has 0 radical (unpaired) electrons. The number of carbonyl (C=O) groups excluding carboxylic acids is 2. The molecule has 2 saturated heterocycles. The van der Waals surface area contributed by atoms with Crippen LogP contribution in [-0.4, -0.2) is 60.9 Å². The van der Waals surface area contributed by atoms with Crippen LogP contribution < -0.4 is 10.1 Å². The van der Waals surface area contributed by atoms with Crippen molar-refractivity contribution in [3.63, 3.8) is 0 Å². The second-order valence-electron chi connectivity index (χ2n) is 9.35. The van der Waals surface area contributed by atoms with Gasteiger partial charge in [-0.15, -0.1) is 0 Å². The first-order valence-electron chi connectivity index (χ1n) is 12.0. The van der Waals surface area contributed by atoms with Crippen LogP contribution in [0.2, 0.25) is 0 Å². The second kappa shape index (κ2) is 10.4. The highest BCUT2D eigenvalue weighted by molar-refractivity contribution is 5.94. The molecule has 33 heavy (non-hydrogen) atoms. The van der Waals surface area contributed by atoms with Gasteiger partial charge in [-0.3, -0.25) is 9.59 Å². The Morgan fingerprint density at radius 2 is 1.55 bits per heavy atom. The Kier molecular flexibility index (Phi) is 7.33. The molecule has 0 bridgehead atoms. The third-order valence-corrected chi connectivity index (χ3v) is 7.28. The van der Waals surface area contributed by atoms with Crippen LogP contribution in [0.25, 0.3) is 0 Å². The highest BCUT2D eigenvalue weighted by Gasteiger charge is 2.32. The molecule has 2 aliphatic heterocycles. The molecule has 1 N–H and O–H groups in total. The molecular weight excluding hydrogens is 414 g/mol. The Bertz CT molecular complexity index is 973. The number of nitrogens with zero attached hydrogens (tertiary/aromatic N) is 2. The van der Waals surface area contributed by atoms with Gasteiger partial charge in [0.2, 0.25) is 5.91 Å². The lowest BCUT2D eigenvalue weighted by atomic mass is 9.92. The van der Waals surface area contributed by atoms with Crippen LogP contribution in [0.4, 0.5) is 5.69 Å². The van der Waals surface area contributed by atoms with Gasteiger partial charge >= 0.3 is 0 Å². The van der Waals surface area contributed by atoms with E-state index in [1.807, 2.05) is 41.3 Å². The van der Waals surface area contributed by atoms with Crippen LogP contribution >= 0.6 is 0 Å². The fourth-order valence-corrected chi connectivity index (χ4v) is 4.94. The van der Waals surface area contributed by atoms with Gasteiger partial charge in [0.15, 0.2) is 0 Å². The summed E-state index contributed by atoms with van der Waals surface area (Å²) in [4.78, 5) is 30.1. The molecule has 0 aromatic heterocycles. The number of ether oxygens (including phenoxy) is 1. The van der Waals surface area contributed by atoms with Gasteiger partial charge in [-0.1, -0.05) is 6.07 Å². The maximum atomic E-state index is 12.8. The number of rotatable bonds is 5. The predicted molar refractivity (Wildman–Crippen MR) is 131 cm³/mol. The van der Waals surface area contributed by atoms with Crippen LogP contribution in [0.1, 0.15) is 47.2 Å². The molecule has 6 heteroatoms. The minimum atomic E-state index is 0.0691. The highest BCUT2D eigenvalue weighted by atomic mass is 16.5. The third kappa shape index (κ3) is 5.56. The molecule has 2 amide bonds. The van der Waals surface area contributed by atoms with Crippen LogP contribution in [-0.2, 0) is 4.79 Å². The predicted octanol–water partition coefficient (Wildman–Crippen LogP) is 4.27. The maximum Gasteiger partial charge on any atom is 0.253 e. The van der Waals surface area contributed by atoms with Crippen molar-refractivity contribution in [3.8, 4) is 5.75 Å². The van der Waals surface area contributed by atoms with E-state index in [0.717, 1.165) is 63.3 Å². The number of amides is 2. The van der Waals surface area contributed by atoms with E-state index in [9.17, 15) is 9.59 Å². The summed E-state index contributed by atoms with van der Waals surface area (Å²) in [5.74, 6) is 1.06. The van der Waals surface area contributed by atoms with Crippen LogP contribution in [0.3, 0.4) is 0 Å². The maximum absolute atomic E-state index is 12.8. The van der Waals surface area contributed by atoms with Gasteiger partial charge in [0.25, 0.3) is 5.91 Å². The third-order valence-electron chi connectivity index (χ3n) is 7.28. The zero-order valence-electron chi connectivity index (χ0n) is 20.0. The molecule has 0 saturated carbocycles. The monoisotopic (exact) mass is 449 g/mol. The average molecular weight is 450 g/mol. The van der Waals surface area contributed by atoms with Crippen molar-refractivity contribution in [1.82, 2.24) is 9.80 Å². The summed E-state index contributed by atoms with van der Waals surface area (Å²) in [6, 6.07) is 13.9. The average Bonchev–Trinajstić information content (AvgIpc) is 2.86. The van der Waals surface area contributed by atoms with Crippen LogP contribution in [0.15, 0.2) is 42.5 Å². The zero-order chi connectivity index (χ0) is 23.4. The minimum absolute atomic E-state index is 0.0691. The lowest BCUT2D eigenvalue weighted by Crippen LogP contribution is -2.49. The van der Waals surface area contributed by atoms with Gasteiger partial charge in [0, 0.05) is 36.3 Å². The molecule has 0 unspecified atom stereocenters. The van der Waals surface area contributed by atoms with Crippen molar-refractivity contribution in [1.29, 1.82) is 0 Å². The first-order chi connectivity index (χ1) is 15.9. The topological polar surface area (TPSA) is 61.9 Å². The van der Waals surface area contributed by atoms with Crippen LogP contribution in [0.5, 0.6) is 5.75 Å². The van der Waals surface area contributed by atoms with Gasteiger partial charge < -0.3 is 19.9 Å². The molecular formula is C27H35N3O3. The number of carbonyl (C=O) groups is 2. The second-order valence-corrected chi connectivity index (χ2v) is 9.35. The number of piperidine rings is 2. The summed E-state index contributed by atoms with van der Waals surface area (Å²) in [6.07, 6.45) is 3.76. The number of hydrogen-bond donors (Lipinski definition) is 1. The molecule has 176 valence electrons. The number of benzene rings is 2. The molecule has 0 aliphatic carbocycles. The van der Waals surface area contributed by atoms with Crippen molar-refractivity contribution in [2.24, 2.45) is 5.92 Å². The Labute approximate surface area is 196 Å². The Morgan fingerprint density at radius 1 is 0.879 bits per heavy atom. The summed E-state index contributed by atoms with van der Waals surface area (Å²) >= 11 is 0. The summed E-state index contributed by atoms with van der Waals surface area (Å²) in [5, 5.41) is 3.11. The largest absolute Gasteiger partial charge is 0.497 e.